The molecule has 0 unspecified atom stereocenters. The molecule has 0 radical (unpaired) electrons. The average Bonchev–Trinajstić information content (AvgIpc) is 2.55. The smallest absolute Gasteiger partial charge is 0.267 e. The molecule has 0 saturated carbocycles. The van der Waals surface area contributed by atoms with E-state index in [0.29, 0.717) is 24.2 Å². The van der Waals surface area contributed by atoms with Crippen LogP contribution in [0.1, 0.15) is 16.8 Å². The SMILES string of the molecule is COS(=O)(=O)CCC[n+]1ccc(-c2ccc(C(N)=O)cn2)cn1. The summed E-state index contributed by atoms with van der Waals surface area (Å²) in [4.78, 5) is 15.2. The summed E-state index contributed by atoms with van der Waals surface area (Å²) < 4.78 is 28.4. The highest BCUT2D eigenvalue weighted by Gasteiger charge is 2.12. The fraction of sp³-hybridized carbons (Fsp3) is 0.286. The molecule has 2 N–H and O–H groups in total. The van der Waals surface area contributed by atoms with Gasteiger partial charge in [-0.2, -0.15) is 8.42 Å². The van der Waals surface area contributed by atoms with E-state index >= 15 is 0 Å². The summed E-state index contributed by atoms with van der Waals surface area (Å²) >= 11 is 0. The predicted octanol–water partition coefficient (Wildman–Crippen LogP) is -0.104. The third-order valence-electron chi connectivity index (χ3n) is 3.15. The highest BCUT2D eigenvalue weighted by molar-refractivity contribution is 7.86. The zero-order valence-corrected chi connectivity index (χ0v) is 13.4. The van der Waals surface area contributed by atoms with E-state index in [0.717, 1.165) is 12.7 Å². The second kappa shape index (κ2) is 7.25. The first-order valence-electron chi connectivity index (χ1n) is 6.81. The van der Waals surface area contributed by atoms with Gasteiger partial charge in [0.05, 0.1) is 24.1 Å². The normalized spacial score (nSPS) is 11.3. The molecule has 2 heterocycles. The molecule has 2 aromatic rings. The molecule has 0 aromatic carbocycles. The van der Waals surface area contributed by atoms with Crippen LogP contribution in [0.25, 0.3) is 11.3 Å². The molecule has 0 aliphatic rings. The van der Waals surface area contributed by atoms with Crippen molar-refractivity contribution >= 4 is 16.0 Å². The number of aryl methyl sites for hydroxylation is 1. The Bertz CT molecular complexity index is 773. The number of nitrogens with two attached hydrogens (primary N) is 1. The molecule has 8 nitrogen and oxygen atoms in total. The molecule has 0 bridgehead atoms. The van der Waals surface area contributed by atoms with Crippen molar-refractivity contribution in [2.45, 2.75) is 13.0 Å². The van der Waals surface area contributed by atoms with Crippen LogP contribution < -0.4 is 10.4 Å². The first-order valence-corrected chi connectivity index (χ1v) is 8.39. The number of rotatable bonds is 7. The van der Waals surface area contributed by atoms with Crippen LogP contribution in [0.4, 0.5) is 0 Å². The van der Waals surface area contributed by atoms with Crippen LogP contribution in [-0.2, 0) is 20.8 Å². The molecule has 0 atom stereocenters. The fourth-order valence-corrected chi connectivity index (χ4v) is 2.51. The highest BCUT2D eigenvalue weighted by Crippen LogP contribution is 2.14. The minimum atomic E-state index is -3.44. The minimum Gasteiger partial charge on any atom is -0.366 e. The van der Waals surface area contributed by atoms with E-state index in [4.69, 9.17) is 5.73 Å². The van der Waals surface area contributed by atoms with Gasteiger partial charge < -0.3 is 5.73 Å². The Hall–Kier alpha value is -2.39. The number of amides is 1. The number of carbonyl (C=O) groups excluding carboxylic acids is 1. The summed E-state index contributed by atoms with van der Waals surface area (Å²) in [7, 11) is -2.30. The Morgan fingerprint density at radius 2 is 2.09 bits per heavy atom. The summed E-state index contributed by atoms with van der Waals surface area (Å²) in [6.45, 7) is 0.455. The zero-order valence-electron chi connectivity index (χ0n) is 12.5. The largest absolute Gasteiger partial charge is 0.366 e. The van der Waals surface area contributed by atoms with Crippen molar-refractivity contribution in [1.29, 1.82) is 0 Å². The van der Waals surface area contributed by atoms with E-state index in [1.807, 2.05) is 6.07 Å². The van der Waals surface area contributed by atoms with Crippen molar-refractivity contribution in [3.05, 3.63) is 42.4 Å². The van der Waals surface area contributed by atoms with E-state index in [9.17, 15) is 13.2 Å². The van der Waals surface area contributed by atoms with Gasteiger partial charge in [0, 0.05) is 24.2 Å². The third-order valence-corrected chi connectivity index (χ3v) is 4.45. The molecule has 2 rings (SSSR count). The van der Waals surface area contributed by atoms with Gasteiger partial charge in [0.2, 0.25) is 5.91 Å². The van der Waals surface area contributed by atoms with Crippen LogP contribution in [-0.4, -0.2) is 37.3 Å². The summed E-state index contributed by atoms with van der Waals surface area (Å²) in [6, 6.07) is 5.10. The Labute approximate surface area is 134 Å². The van der Waals surface area contributed by atoms with Crippen molar-refractivity contribution in [1.82, 2.24) is 10.1 Å². The van der Waals surface area contributed by atoms with Gasteiger partial charge in [-0.15, -0.1) is 0 Å². The summed E-state index contributed by atoms with van der Waals surface area (Å²) in [5.41, 5.74) is 6.95. The van der Waals surface area contributed by atoms with E-state index in [2.05, 4.69) is 14.3 Å². The van der Waals surface area contributed by atoms with Crippen LogP contribution in [0.2, 0.25) is 0 Å². The maximum absolute atomic E-state index is 11.2. The molecular formula is C14H17N4O4S+. The summed E-state index contributed by atoms with van der Waals surface area (Å²) in [6.07, 6.45) is 5.17. The van der Waals surface area contributed by atoms with Crippen molar-refractivity contribution in [2.24, 2.45) is 5.73 Å². The second-order valence-corrected chi connectivity index (χ2v) is 6.61. The van der Waals surface area contributed by atoms with E-state index in [1.54, 1.807) is 29.2 Å². The highest BCUT2D eigenvalue weighted by atomic mass is 32.2. The van der Waals surface area contributed by atoms with Crippen LogP contribution in [0.15, 0.2) is 36.8 Å². The van der Waals surface area contributed by atoms with E-state index < -0.39 is 16.0 Å². The lowest BCUT2D eigenvalue weighted by Crippen LogP contribution is -2.38. The number of primary amides is 1. The van der Waals surface area contributed by atoms with Crippen LogP contribution >= 0.6 is 0 Å². The molecule has 0 aliphatic carbocycles. The number of aromatic nitrogens is 3. The molecule has 0 aliphatic heterocycles. The van der Waals surface area contributed by atoms with E-state index in [1.165, 1.54) is 6.20 Å². The fourth-order valence-electron chi connectivity index (χ4n) is 1.87. The maximum atomic E-state index is 11.2. The molecular weight excluding hydrogens is 320 g/mol. The van der Waals surface area contributed by atoms with Gasteiger partial charge in [-0.3, -0.25) is 14.0 Å². The minimum absolute atomic E-state index is 0.0595. The zero-order chi connectivity index (χ0) is 16.9. The lowest BCUT2D eigenvalue weighted by atomic mass is 10.2. The number of carbonyl (C=O) groups is 1. The Morgan fingerprint density at radius 3 is 2.61 bits per heavy atom. The Morgan fingerprint density at radius 1 is 1.30 bits per heavy atom. The van der Waals surface area contributed by atoms with Gasteiger partial charge in [0.15, 0.2) is 12.7 Å². The van der Waals surface area contributed by atoms with Crippen molar-refractivity contribution in [3.8, 4) is 11.3 Å². The lowest BCUT2D eigenvalue weighted by molar-refractivity contribution is -0.753. The van der Waals surface area contributed by atoms with Gasteiger partial charge in [0.25, 0.3) is 10.1 Å². The molecule has 122 valence electrons. The molecule has 23 heavy (non-hydrogen) atoms. The monoisotopic (exact) mass is 337 g/mol. The first-order chi connectivity index (χ1) is 10.9. The first kappa shape index (κ1) is 17.0. The van der Waals surface area contributed by atoms with Crippen LogP contribution in [0.3, 0.4) is 0 Å². The predicted molar refractivity (Wildman–Crippen MR) is 81.6 cm³/mol. The quantitative estimate of drug-likeness (QED) is 0.557. The Kier molecular flexibility index (Phi) is 5.35. The Balaban J connectivity index is 2.00. The van der Waals surface area contributed by atoms with Gasteiger partial charge in [-0.05, 0) is 17.2 Å². The number of hydrogen-bond donors (Lipinski definition) is 1. The van der Waals surface area contributed by atoms with Gasteiger partial charge in [-0.1, -0.05) is 4.68 Å². The molecule has 9 heteroatoms. The topological polar surface area (TPSA) is 116 Å². The molecule has 0 fully saturated rings. The summed E-state index contributed by atoms with van der Waals surface area (Å²) in [5, 5.41) is 4.21. The lowest BCUT2D eigenvalue weighted by Gasteiger charge is -2.01. The van der Waals surface area contributed by atoms with Crippen molar-refractivity contribution < 1.29 is 22.1 Å². The number of pyridine rings is 1. The van der Waals surface area contributed by atoms with Crippen molar-refractivity contribution in [3.63, 3.8) is 0 Å². The number of nitrogens with zero attached hydrogens (tertiary/aromatic N) is 3. The molecule has 0 saturated heterocycles. The van der Waals surface area contributed by atoms with Crippen LogP contribution in [0.5, 0.6) is 0 Å². The third kappa shape index (κ3) is 4.80. The number of hydrogen-bond acceptors (Lipinski definition) is 6. The van der Waals surface area contributed by atoms with Gasteiger partial charge >= 0.3 is 0 Å². The van der Waals surface area contributed by atoms with Gasteiger partial charge in [0.1, 0.15) is 6.20 Å². The average molecular weight is 337 g/mol. The summed E-state index contributed by atoms with van der Waals surface area (Å²) in [5.74, 6) is -0.588. The van der Waals surface area contributed by atoms with Gasteiger partial charge in [-0.25, -0.2) is 0 Å². The second-order valence-electron chi connectivity index (χ2n) is 4.76. The van der Waals surface area contributed by atoms with Crippen LogP contribution in [0, 0.1) is 0 Å². The van der Waals surface area contributed by atoms with Crippen molar-refractivity contribution in [2.75, 3.05) is 12.9 Å². The molecule has 0 spiro atoms. The molecule has 2 aromatic heterocycles. The standard InChI is InChI=1S/C14H16N4O4S/c1-22-23(20,21)8-2-6-18-7-5-11(10-17-18)13-4-3-12(9-16-13)14(15)19/h3-5,7,9-10H,2,6,8H2,1H3,(H-,15,19)/p+1. The molecule has 1 amide bonds. The maximum Gasteiger partial charge on any atom is 0.267 e. The van der Waals surface area contributed by atoms with E-state index in [-0.39, 0.29) is 5.75 Å².